The van der Waals surface area contributed by atoms with Gasteiger partial charge in [-0.2, -0.15) is 0 Å². The van der Waals surface area contributed by atoms with Crippen LogP contribution >= 0.6 is 11.5 Å². The van der Waals surface area contributed by atoms with Crippen molar-refractivity contribution in [1.82, 2.24) is 9.59 Å². The van der Waals surface area contributed by atoms with Crippen LogP contribution in [0.1, 0.15) is 5.69 Å². The van der Waals surface area contributed by atoms with Crippen LogP contribution in [0.4, 0.5) is 10.5 Å². The molecule has 1 heterocycles. The van der Waals surface area contributed by atoms with Gasteiger partial charge in [-0.3, -0.25) is 5.32 Å². The van der Waals surface area contributed by atoms with Gasteiger partial charge in [0.15, 0.2) is 0 Å². The highest BCUT2D eigenvalue weighted by Gasteiger charge is 2.12. The van der Waals surface area contributed by atoms with Gasteiger partial charge in [-0.25, -0.2) is 4.79 Å². The Bertz CT molecular complexity index is 909. The topological polar surface area (TPSA) is 82.6 Å². The number of anilines is 1. The average Bonchev–Trinajstić information content (AvgIpc) is 3.06. The fourth-order valence-corrected chi connectivity index (χ4v) is 2.84. The van der Waals surface area contributed by atoms with Gasteiger partial charge in [-0.1, -0.05) is 16.6 Å². The van der Waals surface area contributed by atoms with Crippen LogP contribution in [0.3, 0.4) is 0 Å². The molecular weight excluding hydrogens is 354 g/mol. The van der Waals surface area contributed by atoms with Crippen molar-refractivity contribution in [2.24, 2.45) is 0 Å². The number of nitrogens with zero attached hydrogens (tertiary/aromatic N) is 2. The van der Waals surface area contributed by atoms with E-state index in [1.165, 1.54) is 0 Å². The van der Waals surface area contributed by atoms with Gasteiger partial charge in [0.05, 0.1) is 14.2 Å². The quantitative estimate of drug-likeness (QED) is 0.726. The Morgan fingerprint density at radius 1 is 1.08 bits per heavy atom. The van der Waals surface area contributed by atoms with Gasteiger partial charge < -0.3 is 14.2 Å². The Balaban J connectivity index is 1.74. The molecule has 134 valence electrons. The molecule has 0 aliphatic heterocycles. The fourth-order valence-electron chi connectivity index (χ4n) is 2.32. The van der Waals surface area contributed by atoms with Crippen LogP contribution in [0.2, 0.25) is 0 Å². The van der Waals surface area contributed by atoms with Crippen molar-refractivity contribution in [3.8, 4) is 27.7 Å². The number of ether oxygens (including phenoxy) is 3. The van der Waals surface area contributed by atoms with Crippen LogP contribution in [-0.2, 0) is 0 Å². The standard InChI is InChI=1S/C18H17N3O4S/c1-11-17(26-21-20-11)25-18(22)19-13-6-4-12(5-7-13)15-10-14(23-2)8-9-16(15)24-3/h4-10H,1-3H3,(H,19,22). The predicted octanol–water partition coefficient (Wildman–Crippen LogP) is 4.14. The molecule has 0 aliphatic carbocycles. The molecule has 0 bridgehead atoms. The lowest BCUT2D eigenvalue weighted by molar-refractivity contribution is 0.216. The van der Waals surface area contributed by atoms with Gasteiger partial charge in [0, 0.05) is 22.8 Å². The van der Waals surface area contributed by atoms with E-state index in [2.05, 4.69) is 14.9 Å². The molecule has 2 aromatic carbocycles. The van der Waals surface area contributed by atoms with Crippen molar-refractivity contribution in [1.29, 1.82) is 0 Å². The van der Waals surface area contributed by atoms with E-state index in [4.69, 9.17) is 14.2 Å². The zero-order valence-corrected chi connectivity index (χ0v) is 15.3. The van der Waals surface area contributed by atoms with E-state index in [-0.39, 0.29) is 0 Å². The summed E-state index contributed by atoms with van der Waals surface area (Å²) in [4.78, 5) is 12.0. The Labute approximate surface area is 154 Å². The number of rotatable bonds is 5. The first-order chi connectivity index (χ1) is 12.6. The summed E-state index contributed by atoms with van der Waals surface area (Å²) in [5.41, 5.74) is 3.01. The molecule has 3 rings (SSSR count). The van der Waals surface area contributed by atoms with Crippen molar-refractivity contribution in [3.63, 3.8) is 0 Å². The van der Waals surface area contributed by atoms with E-state index in [1.807, 2.05) is 30.3 Å². The summed E-state index contributed by atoms with van der Waals surface area (Å²) in [6.45, 7) is 1.72. The van der Waals surface area contributed by atoms with E-state index in [1.54, 1.807) is 33.3 Å². The van der Waals surface area contributed by atoms with Gasteiger partial charge in [0.2, 0.25) is 5.06 Å². The number of carbonyl (C=O) groups is 1. The summed E-state index contributed by atoms with van der Waals surface area (Å²) in [5.74, 6) is 1.47. The fraction of sp³-hybridized carbons (Fsp3) is 0.167. The minimum atomic E-state index is -0.592. The molecule has 26 heavy (non-hydrogen) atoms. The molecular formula is C18H17N3O4S. The zero-order chi connectivity index (χ0) is 18.5. The Kier molecular flexibility index (Phi) is 5.33. The molecule has 8 heteroatoms. The molecule has 0 aliphatic rings. The SMILES string of the molecule is COc1ccc(OC)c(-c2ccc(NC(=O)Oc3snnc3C)cc2)c1. The van der Waals surface area contributed by atoms with E-state index in [0.29, 0.717) is 16.4 Å². The van der Waals surface area contributed by atoms with Gasteiger partial charge in [-0.15, -0.1) is 5.10 Å². The van der Waals surface area contributed by atoms with Gasteiger partial charge in [-0.05, 0) is 42.8 Å². The van der Waals surface area contributed by atoms with Crippen LogP contribution < -0.4 is 19.5 Å². The maximum absolute atomic E-state index is 12.0. The predicted molar refractivity (Wildman–Crippen MR) is 99.3 cm³/mol. The number of hydrogen-bond acceptors (Lipinski definition) is 7. The summed E-state index contributed by atoms with van der Waals surface area (Å²) in [6.07, 6.45) is -0.592. The minimum absolute atomic E-state index is 0.375. The Hall–Kier alpha value is -3.13. The highest BCUT2D eigenvalue weighted by atomic mass is 32.1. The molecule has 3 aromatic rings. The van der Waals surface area contributed by atoms with Crippen LogP contribution in [0.25, 0.3) is 11.1 Å². The Morgan fingerprint density at radius 2 is 1.85 bits per heavy atom. The highest BCUT2D eigenvalue weighted by Crippen LogP contribution is 2.34. The number of benzene rings is 2. The number of aromatic nitrogens is 2. The third-order valence-electron chi connectivity index (χ3n) is 3.64. The normalized spacial score (nSPS) is 10.3. The zero-order valence-electron chi connectivity index (χ0n) is 14.5. The Morgan fingerprint density at radius 3 is 2.46 bits per heavy atom. The van der Waals surface area contributed by atoms with Crippen molar-refractivity contribution >= 4 is 23.3 Å². The molecule has 0 spiro atoms. The van der Waals surface area contributed by atoms with Crippen molar-refractivity contribution < 1.29 is 19.0 Å². The first-order valence-corrected chi connectivity index (χ1v) is 8.48. The number of amides is 1. The summed E-state index contributed by atoms with van der Waals surface area (Å²) in [7, 11) is 3.23. The van der Waals surface area contributed by atoms with Crippen molar-refractivity contribution in [3.05, 3.63) is 48.2 Å². The molecule has 1 N–H and O–H groups in total. The number of nitrogens with one attached hydrogen (secondary N) is 1. The average molecular weight is 371 g/mol. The first kappa shape index (κ1) is 17.7. The van der Waals surface area contributed by atoms with Gasteiger partial charge >= 0.3 is 6.09 Å². The van der Waals surface area contributed by atoms with E-state index >= 15 is 0 Å². The lowest BCUT2D eigenvalue weighted by atomic mass is 10.0. The summed E-state index contributed by atoms with van der Waals surface area (Å²) < 4.78 is 19.6. The third kappa shape index (κ3) is 3.92. The number of aryl methyl sites for hydroxylation is 1. The molecule has 0 unspecified atom stereocenters. The molecule has 7 nitrogen and oxygen atoms in total. The summed E-state index contributed by atoms with van der Waals surface area (Å²) in [5, 5.41) is 6.84. The molecule has 0 radical (unpaired) electrons. The van der Waals surface area contributed by atoms with Crippen LogP contribution in [-0.4, -0.2) is 29.9 Å². The van der Waals surface area contributed by atoms with Crippen LogP contribution in [0.5, 0.6) is 16.6 Å². The van der Waals surface area contributed by atoms with E-state index in [0.717, 1.165) is 34.2 Å². The second-order valence-corrected chi connectivity index (χ2v) is 6.02. The molecule has 0 fully saturated rings. The van der Waals surface area contributed by atoms with Gasteiger partial charge in [0.1, 0.15) is 17.2 Å². The largest absolute Gasteiger partial charge is 0.497 e. The maximum Gasteiger partial charge on any atom is 0.418 e. The molecule has 1 amide bonds. The summed E-state index contributed by atoms with van der Waals surface area (Å²) in [6, 6.07) is 12.9. The van der Waals surface area contributed by atoms with Gasteiger partial charge in [0.25, 0.3) is 0 Å². The number of hydrogen-bond donors (Lipinski definition) is 1. The summed E-state index contributed by atoms with van der Waals surface area (Å²) >= 11 is 1.03. The second-order valence-electron chi connectivity index (χ2n) is 5.30. The van der Waals surface area contributed by atoms with Crippen molar-refractivity contribution in [2.45, 2.75) is 6.92 Å². The highest BCUT2D eigenvalue weighted by molar-refractivity contribution is 7.07. The molecule has 0 saturated carbocycles. The third-order valence-corrected chi connectivity index (χ3v) is 4.35. The van der Waals surface area contributed by atoms with Crippen LogP contribution in [0, 0.1) is 6.92 Å². The molecule has 0 saturated heterocycles. The van der Waals surface area contributed by atoms with Crippen molar-refractivity contribution in [2.75, 3.05) is 19.5 Å². The lowest BCUT2D eigenvalue weighted by Gasteiger charge is -2.11. The maximum atomic E-state index is 12.0. The monoisotopic (exact) mass is 371 g/mol. The minimum Gasteiger partial charge on any atom is -0.497 e. The molecule has 1 aromatic heterocycles. The lowest BCUT2D eigenvalue weighted by Crippen LogP contribution is -2.16. The van der Waals surface area contributed by atoms with E-state index in [9.17, 15) is 4.79 Å². The first-order valence-electron chi connectivity index (χ1n) is 7.71. The van der Waals surface area contributed by atoms with Crippen LogP contribution in [0.15, 0.2) is 42.5 Å². The second kappa shape index (κ2) is 7.83. The number of methoxy groups -OCH3 is 2. The van der Waals surface area contributed by atoms with E-state index < -0.39 is 6.09 Å². The smallest absolute Gasteiger partial charge is 0.418 e. The molecule has 0 atom stereocenters. The number of carbonyl (C=O) groups excluding carboxylic acids is 1.